The second-order valence-electron chi connectivity index (χ2n) is 13.0. The van der Waals surface area contributed by atoms with E-state index in [4.69, 9.17) is 23.7 Å². The summed E-state index contributed by atoms with van der Waals surface area (Å²) in [6.45, 7) is 10.6. The third-order valence-electron chi connectivity index (χ3n) is 8.24. The van der Waals surface area contributed by atoms with Gasteiger partial charge in [0, 0.05) is 46.7 Å². The standard InChI is InChI=1S/C24H30N2O4.C15H12O3.B/c1-24(2,3)30-23(27)26-14-12-25(13-15-26)16-18-8-10-19(11-9-18)22-17-28-20-6-4-5-7-21(20)29-22;16-9-11-5-7-12(8-6-11)15-10-17-13-3-1-2-4-14(13)18-15;/h4-11,22H,12-17H2,1-3H3;1-9,15H,10H2;. The first-order valence-electron chi connectivity index (χ1n) is 16.4. The molecule has 3 heterocycles. The van der Waals surface area contributed by atoms with E-state index in [1.165, 1.54) is 5.56 Å². The second-order valence-corrected chi connectivity index (χ2v) is 13.0. The van der Waals surface area contributed by atoms with Crippen LogP contribution in [-0.2, 0) is 11.3 Å². The molecule has 4 aromatic carbocycles. The zero-order chi connectivity index (χ0) is 33.5. The molecule has 3 radical (unpaired) electrons. The Hall–Kier alpha value is -4.96. The molecule has 4 aromatic rings. The van der Waals surface area contributed by atoms with Gasteiger partial charge in [-0.15, -0.1) is 0 Å². The number of hydrogen-bond acceptors (Lipinski definition) is 8. The first-order chi connectivity index (χ1) is 23.2. The fourth-order valence-corrected chi connectivity index (χ4v) is 5.67. The molecule has 2 atom stereocenters. The van der Waals surface area contributed by atoms with Crippen LogP contribution in [0.2, 0.25) is 0 Å². The quantitative estimate of drug-likeness (QED) is 0.169. The van der Waals surface area contributed by atoms with Gasteiger partial charge in [-0.25, -0.2) is 4.79 Å². The molecule has 0 spiro atoms. The summed E-state index contributed by atoms with van der Waals surface area (Å²) in [4.78, 5) is 27.0. The number of amides is 1. The average molecular weight is 662 g/mol. The van der Waals surface area contributed by atoms with Crippen LogP contribution in [0.5, 0.6) is 23.0 Å². The van der Waals surface area contributed by atoms with Crippen molar-refractivity contribution >= 4 is 20.8 Å². The minimum atomic E-state index is -0.453. The smallest absolute Gasteiger partial charge is 0.410 e. The van der Waals surface area contributed by atoms with Crippen molar-refractivity contribution in [3.05, 3.63) is 119 Å². The minimum Gasteiger partial charge on any atom is -0.485 e. The van der Waals surface area contributed by atoms with Crippen LogP contribution in [0, 0.1) is 0 Å². The molecule has 3 aliphatic heterocycles. The lowest BCUT2D eigenvalue weighted by Gasteiger charge is -2.35. The Morgan fingerprint density at radius 1 is 0.714 bits per heavy atom. The normalized spacial score (nSPS) is 18.2. The monoisotopic (exact) mass is 661 g/mol. The number of ether oxygens (including phenoxy) is 5. The predicted octanol–water partition coefficient (Wildman–Crippen LogP) is 6.88. The molecule has 0 aromatic heterocycles. The van der Waals surface area contributed by atoms with Crippen molar-refractivity contribution in [3.63, 3.8) is 0 Å². The van der Waals surface area contributed by atoms with Gasteiger partial charge in [-0.05, 0) is 61.7 Å². The maximum atomic E-state index is 12.2. The van der Waals surface area contributed by atoms with Crippen molar-refractivity contribution in [1.29, 1.82) is 0 Å². The van der Waals surface area contributed by atoms with E-state index in [0.717, 1.165) is 60.0 Å². The summed E-state index contributed by atoms with van der Waals surface area (Å²) in [6, 6.07) is 31.3. The highest BCUT2D eigenvalue weighted by Crippen LogP contribution is 2.37. The molecule has 9 nitrogen and oxygen atoms in total. The molecule has 7 rings (SSSR count). The zero-order valence-electron chi connectivity index (χ0n) is 28.2. The van der Waals surface area contributed by atoms with Crippen LogP contribution in [0.3, 0.4) is 0 Å². The minimum absolute atomic E-state index is 0. The van der Waals surface area contributed by atoms with Gasteiger partial charge in [-0.3, -0.25) is 9.69 Å². The third kappa shape index (κ3) is 9.35. The van der Waals surface area contributed by atoms with E-state index in [0.29, 0.717) is 31.9 Å². The molecule has 0 bridgehead atoms. The SMILES string of the molecule is CC(C)(C)OC(=O)N1CCN(Cc2ccc(C3COc4ccccc4O3)cc2)CC1.O=Cc1ccc(C2COc3ccccc3O2)cc1.[B]. The van der Waals surface area contributed by atoms with E-state index in [9.17, 15) is 9.59 Å². The number of fused-ring (bicyclic) bond motifs is 2. The number of carbonyl (C=O) groups excluding carboxylic acids is 2. The van der Waals surface area contributed by atoms with Crippen LogP contribution in [0.1, 0.15) is 60.0 Å². The van der Waals surface area contributed by atoms with E-state index in [-0.39, 0.29) is 26.7 Å². The van der Waals surface area contributed by atoms with Gasteiger partial charge in [-0.1, -0.05) is 72.8 Å². The summed E-state index contributed by atoms with van der Waals surface area (Å²) < 4.78 is 28.9. The van der Waals surface area contributed by atoms with E-state index < -0.39 is 5.60 Å². The second kappa shape index (κ2) is 16.0. The van der Waals surface area contributed by atoms with Crippen molar-refractivity contribution < 1.29 is 33.3 Å². The summed E-state index contributed by atoms with van der Waals surface area (Å²) in [7, 11) is 0. The first-order valence-corrected chi connectivity index (χ1v) is 16.4. The lowest BCUT2D eigenvalue weighted by Crippen LogP contribution is -2.49. The lowest BCUT2D eigenvalue weighted by atomic mass is 10.1. The Labute approximate surface area is 290 Å². The van der Waals surface area contributed by atoms with Crippen LogP contribution in [0.25, 0.3) is 0 Å². The number of nitrogens with zero attached hydrogens (tertiary/aromatic N) is 2. The van der Waals surface area contributed by atoms with Gasteiger partial charge in [0.2, 0.25) is 0 Å². The van der Waals surface area contributed by atoms with Crippen molar-refractivity contribution in [2.24, 2.45) is 0 Å². The van der Waals surface area contributed by atoms with E-state index in [2.05, 4.69) is 29.2 Å². The largest absolute Gasteiger partial charge is 0.485 e. The summed E-state index contributed by atoms with van der Waals surface area (Å²) in [5.41, 5.74) is 3.58. The van der Waals surface area contributed by atoms with Gasteiger partial charge in [0.25, 0.3) is 0 Å². The fraction of sp³-hybridized carbons (Fsp3) is 0.333. The van der Waals surface area contributed by atoms with Crippen LogP contribution < -0.4 is 18.9 Å². The highest BCUT2D eigenvalue weighted by atomic mass is 16.6. The molecule has 1 saturated heterocycles. The first kappa shape index (κ1) is 35.4. The van der Waals surface area contributed by atoms with Crippen molar-refractivity contribution in [1.82, 2.24) is 9.80 Å². The highest BCUT2D eigenvalue weighted by Gasteiger charge is 2.27. The summed E-state index contributed by atoms with van der Waals surface area (Å²) >= 11 is 0. The molecule has 0 saturated carbocycles. The number of piperazine rings is 1. The lowest BCUT2D eigenvalue weighted by molar-refractivity contribution is 0.0139. The van der Waals surface area contributed by atoms with E-state index in [1.807, 2.05) is 81.4 Å². The molecular weight excluding hydrogens is 619 g/mol. The van der Waals surface area contributed by atoms with Crippen LogP contribution >= 0.6 is 0 Å². The van der Waals surface area contributed by atoms with Crippen LogP contribution in [-0.4, -0.2) is 75.6 Å². The van der Waals surface area contributed by atoms with Gasteiger partial charge >= 0.3 is 6.09 Å². The number of carbonyl (C=O) groups is 2. The summed E-state index contributed by atoms with van der Waals surface area (Å²) in [5, 5.41) is 0. The third-order valence-corrected chi connectivity index (χ3v) is 8.24. The maximum Gasteiger partial charge on any atom is 0.410 e. The van der Waals surface area contributed by atoms with Crippen molar-refractivity contribution in [3.8, 4) is 23.0 Å². The zero-order valence-corrected chi connectivity index (χ0v) is 28.2. The Bertz CT molecular complexity index is 1680. The van der Waals surface area contributed by atoms with Crippen molar-refractivity contribution in [2.75, 3.05) is 39.4 Å². The van der Waals surface area contributed by atoms with Gasteiger partial charge in [0.1, 0.15) is 25.1 Å². The number of para-hydroxylation sites is 4. The van der Waals surface area contributed by atoms with E-state index in [1.54, 1.807) is 17.0 Å². The Balaban J connectivity index is 0.000000210. The van der Waals surface area contributed by atoms with Gasteiger partial charge in [-0.2, -0.15) is 0 Å². The molecule has 49 heavy (non-hydrogen) atoms. The molecule has 1 fully saturated rings. The van der Waals surface area contributed by atoms with Crippen LogP contribution in [0.4, 0.5) is 4.79 Å². The maximum absolute atomic E-state index is 12.2. The van der Waals surface area contributed by atoms with Gasteiger partial charge < -0.3 is 28.6 Å². The molecule has 2 unspecified atom stereocenters. The van der Waals surface area contributed by atoms with Crippen LogP contribution in [0.15, 0.2) is 97.1 Å². The summed E-state index contributed by atoms with van der Waals surface area (Å²) in [6.07, 6.45) is 0.395. The molecular formula is C39H42BN2O7. The number of hydrogen-bond donors (Lipinski definition) is 0. The number of aldehydes is 1. The van der Waals surface area contributed by atoms with Crippen molar-refractivity contribution in [2.45, 2.75) is 45.1 Å². The highest BCUT2D eigenvalue weighted by molar-refractivity contribution is 5.75. The average Bonchev–Trinajstić information content (AvgIpc) is 3.11. The van der Waals surface area contributed by atoms with Gasteiger partial charge in [0.05, 0.1) is 0 Å². The predicted molar refractivity (Wildman–Crippen MR) is 188 cm³/mol. The molecule has 0 aliphatic carbocycles. The summed E-state index contributed by atoms with van der Waals surface area (Å²) in [5.74, 6) is 3.13. The molecule has 253 valence electrons. The molecule has 1 amide bonds. The number of rotatable bonds is 5. The topological polar surface area (TPSA) is 86.8 Å². The molecule has 3 aliphatic rings. The fourth-order valence-electron chi connectivity index (χ4n) is 5.67. The Morgan fingerprint density at radius 2 is 1.18 bits per heavy atom. The number of benzene rings is 4. The molecule has 0 N–H and O–H groups in total. The Morgan fingerprint density at radius 3 is 1.65 bits per heavy atom. The Kier molecular flexibility index (Phi) is 11.5. The van der Waals surface area contributed by atoms with E-state index >= 15 is 0 Å². The van der Waals surface area contributed by atoms with Gasteiger partial charge in [0.15, 0.2) is 35.2 Å². The molecule has 10 heteroatoms.